The van der Waals surface area contributed by atoms with Crippen LogP contribution in [0.1, 0.15) is 37.7 Å². The van der Waals surface area contributed by atoms with Crippen molar-refractivity contribution < 1.29 is 4.79 Å². The van der Waals surface area contributed by atoms with E-state index in [2.05, 4.69) is 33.8 Å². The zero-order chi connectivity index (χ0) is 19.4. The van der Waals surface area contributed by atoms with Gasteiger partial charge in [-0.05, 0) is 19.4 Å². The van der Waals surface area contributed by atoms with Crippen molar-refractivity contribution in [3.63, 3.8) is 0 Å². The molecule has 2 aromatic heterocycles. The summed E-state index contributed by atoms with van der Waals surface area (Å²) in [6.07, 6.45) is 4.55. The summed E-state index contributed by atoms with van der Waals surface area (Å²) in [6, 6.07) is 7.32. The lowest BCUT2D eigenvalue weighted by atomic mass is 10.1. The molecule has 1 N–H and O–H groups in total. The Morgan fingerprint density at radius 2 is 1.96 bits per heavy atom. The summed E-state index contributed by atoms with van der Waals surface area (Å²) in [5, 5.41) is 8.54. The maximum absolute atomic E-state index is 12.5. The maximum atomic E-state index is 12.5. The zero-order valence-electron chi connectivity index (χ0n) is 16.0. The number of aromatic nitrogens is 4. The molecule has 0 fully saturated rings. The molecule has 27 heavy (non-hydrogen) atoms. The van der Waals surface area contributed by atoms with Crippen LogP contribution in [0.25, 0.3) is 10.8 Å². The van der Waals surface area contributed by atoms with Gasteiger partial charge in [-0.15, -0.1) is 0 Å². The first kappa shape index (κ1) is 18.8. The van der Waals surface area contributed by atoms with Gasteiger partial charge >= 0.3 is 0 Å². The highest BCUT2D eigenvalue weighted by Gasteiger charge is 2.11. The van der Waals surface area contributed by atoms with Gasteiger partial charge in [-0.3, -0.25) is 9.59 Å². The summed E-state index contributed by atoms with van der Waals surface area (Å²) in [6.45, 7) is 7.31. The van der Waals surface area contributed by atoms with Crippen LogP contribution in [0.15, 0.2) is 41.5 Å². The normalized spacial score (nSPS) is 11.3. The molecule has 0 aliphatic carbocycles. The Bertz CT molecular complexity index is 1000. The van der Waals surface area contributed by atoms with Gasteiger partial charge in [-0.25, -0.2) is 9.67 Å². The minimum Gasteiger partial charge on any atom is -0.354 e. The van der Waals surface area contributed by atoms with E-state index in [9.17, 15) is 9.59 Å². The van der Waals surface area contributed by atoms with Crippen LogP contribution in [0.3, 0.4) is 0 Å². The van der Waals surface area contributed by atoms with E-state index in [4.69, 9.17) is 0 Å². The van der Waals surface area contributed by atoms with Crippen molar-refractivity contribution in [2.45, 2.75) is 46.2 Å². The number of benzene rings is 1. The quantitative estimate of drug-likeness (QED) is 0.649. The highest BCUT2D eigenvalue weighted by Crippen LogP contribution is 2.12. The molecule has 0 atom stereocenters. The molecule has 0 saturated heterocycles. The van der Waals surface area contributed by atoms with E-state index >= 15 is 0 Å². The van der Waals surface area contributed by atoms with Gasteiger partial charge in [-0.2, -0.15) is 5.10 Å². The highest BCUT2D eigenvalue weighted by atomic mass is 16.2. The molecule has 0 spiro atoms. The molecule has 0 radical (unpaired) electrons. The molecule has 7 heteroatoms. The van der Waals surface area contributed by atoms with Gasteiger partial charge in [0.15, 0.2) is 0 Å². The van der Waals surface area contributed by atoms with Gasteiger partial charge < -0.3 is 9.88 Å². The Morgan fingerprint density at radius 1 is 1.22 bits per heavy atom. The third-order valence-electron chi connectivity index (χ3n) is 4.51. The topological polar surface area (TPSA) is 81.8 Å². The smallest absolute Gasteiger partial charge is 0.275 e. The fourth-order valence-corrected chi connectivity index (χ4v) is 3.19. The largest absolute Gasteiger partial charge is 0.354 e. The second-order valence-corrected chi connectivity index (χ2v) is 6.93. The Kier molecular flexibility index (Phi) is 5.69. The molecule has 0 aliphatic rings. The Balaban J connectivity index is 1.57. The third-order valence-corrected chi connectivity index (χ3v) is 4.51. The minimum atomic E-state index is -0.244. The molecule has 0 unspecified atom stereocenters. The number of rotatable bonds is 7. The van der Waals surface area contributed by atoms with Gasteiger partial charge in [0.1, 0.15) is 12.4 Å². The molecule has 0 saturated carbocycles. The fourth-order valence-electron chi connectivity index (χ4n) is 3.19. The summed E-state index contributed by atoms with van der Waals surface area (Å²) in [4.78, 5) is 29.1. The number of fused-ring (bicyclic) bond motifs is 1. The van der Waals surface area contributed by atoms with Gasteiger partial charge in [0.2, 0.25) is 5.91 Å². The van der Waals surface area contributed by atoms with E-state index in [0.717, 1.165) is 29.9 Å². The van der Waals surface area contributed by atoms with Crippen LogP contribution >= 0.6 is 0 Å². The highest BCUT2D eigenvalue weighted by molar-refractivity contribution is 5.83. The third kappa shape index (κ3) is 4.24. The maximum Gasteiger partial charge on any atom is 0.275 e. The molecule has 0 aliphatic heterocycles. The van der Waals surface area contributed by atoms with E-state index in [0.29, 0.717) is 17.8 Å². The standard InChI is InChI=1S/C20H25N5O2/c1-14(2)19-22-10-12-24(19)11-6-9-21-18(26)13-25-20(27)17-8-5-4-7-16(17)15(3)23-25/h4-5,7-8,10,12,14H,6,9,11,13H2,1-3H3,(H,21,26). The van der Waals surface area contributed by atoms with Crippen molar-refractivity contribution in [2.75, 3.05) is 6.54 Å². The molecule has 1 aromatic carbocycles. The second kappa shape index (κ2) is 8.16. The average molecular weight is 367 g/mol. The van der Waals surface area contributed by atoms with Crippen molar-refractivity contribution in [3.05, 3.63) is 58.5 Å². The molecule has 3 rings (SSSR count). The molecular weight excluding hydrogens is 342 g/mol. The molecule has 0 bridgehead atoms. The number of carbonyl (C=O) groups is 1. The Labute approximate surface area is 158 Å². The van der Waals surface area contributed by atoms with E-state index in [1.165, 1.54) is 4.68 Å². The van der Waals surface area contributed by atoms with Crippen LogP contribution in [0.5, 0.6) is 0 Å². The second-order valence-electron chi connectivity index (χ2n) is 6.93. The number of hydrogen-bond acceptors (Lipinski definition) is 4. The van der Waals surface area contributed by atoms with E-state index in [1.54, 1.807) is 12.3 Å². The van der Waals surface area contributed by atoms with Gasteiger partial charge in [0.05, 0.1) is 11.1 Å². The van der Waals surface area contributed by atoms with Crippen LogP contribution in [0.2, 0.25) is 0 Å². The van der Waals surface area contributed by atoms with Crippen molar-refractivity contribution in [1.82, 2.24) is 24.6 Å². The lowest BCUT2D eigenvalue weighted by Gasteiger charge is -2.11. The van der Waals surface area contributed by atoms with E-state index < -0.39 is 0 Å². The molecule has 3 aromatic rings. The van der Waals surface area contributed by atoms with Crippen LogP contribution in [-0.4, -0.2) is 31.8 Å². The molecule has 7 nitrogen and oxygen atoms in total. The summed E-state index contributed by atoms with van der Waals surface area (Å²) >= 11 is 0. The number of nitrogens with one attached hydrogen (secondary N) is 1. The van der Waals surface area contributed by atoms with Gasteiger partial charge in [0.25, 0.3) is 5.56 Å². The molecule has 1 amide bonds. The summed E-state index contributed by atoms with van der Waals surface area (Å²) in [5.41, 5.74) is 0.491. The SMILES string of the molecule is Cc1nn(CC(=O)NCCCn2ccnc2C(C)C)c(=O)c2ccccc12. The van der Waals surface area contributed by atoms with Crippen molar-refractivity contribution >= 4 is 16.7 Å². The number of nitrogens with zero attached hydrogens (tertiary/aromatic N) is 4. The predicted octanol–water partition coefficient (Wildman–Crippen LogP) is 2.23. The fraction of sp³-hybridized carbons (Fsp3) is 0.400. The van der Waals surface area contributed by atoms with Crippen LogP contribution < -0.4 is 10.9 Å². The molecular formula is C20H25N5O2. The van der Waals surface area contributed by atoms with Crippen molar-refractivity contribution in [1.29, 1.82) is 0 Å². The number of carbonyl (C=O) groups excluding carboxylic acids is 1. The summed E-state index contributed by atoms with van der Waals surface area (Å²) in [5.74, 6) is 1.20. The zero-order valence-corrected chi connectivity index (χ0v) is 16.0. The monoisotopic (exact) mass is 367 g/mol. The first-order chi connectivity index (χ1) is 13.0. The summed E-state index contributed by atoms with van der Waals surface area (Å²) < 4.78 is 3.34. The first-order valence-electron chi connectivity index (χ1n) is 9.21. The first-order valence-corrected chi connectivity index (χ1v) is 9.21. The number of aryl methyl sites for hydroxylation is 2. The summed E-state index contributed by atoms with van der Waals surface area (Å²) in [7, 11) is 0. The van der Waals surface area contributed by atoms with Crippen LogP contribution in [0, 0.1) is 6.92 Å². The molecule has 2 heterocycles. The van der Waals surface area contributed by atoms with Crippen molar-refractivity contribution in [2.24, 2.45) is 0 Å². The minimum absolute atomic E-state index is 0.0766. The lowest BCUT2D eigenvalue weighted by Crippen LogP contribution is -2.34. The van der Waals surface area contributed by atoms with Crippen LogP contribution in [-0.2, 0) is 17.9 Å². The van der Waals surface area contributed by atoms with Gasteiger partial charge in [0, 0.05) is 36.8 Å². The number of hydrogen-bond donors (Lipinski definition) is 1. The Morgan fingerprint density at radius 3 is 2.70 bits per heavy atom. The number of amides is 1. The average Bonchev–Trinajstić information content (AvgIpc) is 3.12. The molecule has 142 valence electrons. The van der Waals surface area contributed by atoms with Gasteiger partial charge in [-0.1, -0.05) is 32.0 Å². The number of imidazole rings is 1. The van der Waals surface area contributed by atoms with E-state index in [1.807, 2.05) is 31.3 Å². The van der Waals surface area contributed by atoms with Crippen molar-refractivity contribution in [3.8, 4) is 0 Å². The van der Waals surface area contributed by atoms with E-state index in [-0.39, 0.29) is 18.0 Å². The van der Waals surface area contributed by atoms with Crippen LogP contribution in [0.4, 0.5) is 0 Å². The Hall–Kier alpha value is -2.96. The predicted molar refractivity (Wildman–Crippen MR) is 105 cm³/mol. The lowest BCUT2D eigenvalue weighted by molar-refractivity contribution is -0.121.